The van der Waals surface area contributed by atoms with Crippen molar-refractivity contribution in [3.63, 3.8) is 0 Å². The highest BCUT2D eigenvalue weighted by Gasteiger charge is 2.06. The fourth-order valence-electron chi connectivity index (χ4n) is 1.12. The average Bonchev–Trinajstić information content (AvgIpc) is 2.10. The van der Waals surface area contributed by atoms with Gasteiger partial charge < -0.3 is 10.6 Å². The molecule has 1 unspecified atom stereocenters. The molecule has 0 saturated carbocycles. The van der Waals surface area contributed by atoms with Crippen LogP contribution in [0.15, 0.2) is 0 Å². The Bertz CT molecular complexity index is 181. The number of carbonyl (C=O) groups is 2. The number of amides is 2. The second-order valence-electron chi connectivity index (χ2n) is 3.89. The predicted octanol–water partition coefficient (Wildman–Crippen LogP) is 0.673. The quantitative estimate of drug-likeness (QED) is 0.593. The predicted molar refractivity (Wildman–Crippen MR) is 55.7 cm³/mol. The van der Waals surface area contributed by atoms with Crippen molar-refractivity contribution in [2.45, 2.75) is 39.7 Å². The van der Waals surface area contributed by atoms with Crippen molar-refractivity contribution in [3.8, 4) is 0 Å². The fraction of sp³-hybridized carbons (Fsp3) is 0.800. The van der Waals surface area contributed by atoms with Gasteiger partial charge in [-0.25, -0.2) is 0 Å². The second-order valence-corrected chi connectivity index (χ2v) is 3.89. The van der Waals surface area contributed by atoms with E-state index >= 15 is 0 Å². The van der Waals surface area contributed by atoms with E-state index in [0.29, 0.717) is 25.3 Å². The van der Waals surface area contributed by atoms with Gasteiger partial charge in [-0.2, -0.15) is 0 Å². The van der Waals surface area contributed by atoms with Crippen molar-refractivity contribution >= 4 is 12.3 Å². The van der Waals surface area contributed by atoms with E-state index in [9.17, 15) is 9.59 Å². The van der Waals surface area contributed by atoms with Gasteiger partial charge in [-0.1, -0.05) is 6.92 Å². The van der Waals surface area contributed by atoms with Crippen molar-refractivity contribution in [2.75, 3.05) is 6.54 Å². The molecule has 82 valence electrons. The van der Waals surface area contributed by atoms with Gasteiger partial charge in [0.05, 0.1) is 0 Å². The zero-order valence-electron chi connectivity index (χ0n) is 9.17. The van der Waals surface area contributed by atoms with Crippen LogP contribution in [0.1, 0.15) is 33.6 Å². The molecule has 0 aliphatic carbocycles. The van der Waals surface area contributed by atoms with Gasteiger partial charge >= 0.3 is 0 Å². The first-order valence-electron chi connectivity index (χ1n) is 5.02. The van der Waals surface area contributed by atoms with E-state index in [-0.39, 0.29) is 11.9 Å². The maximum atomic E-state index is 11.2. The highest BCUT2D eigenvalue weighted by atomic mass is 16.1. The van der Waals surface area contributed by atoms with Crippen molar-refractivity contribution in [1.29, 1.82) is 0 Å². The molecule has 0 aromatic heterocycles. The maximum absolute atomic E-state index is 11.2. The van der Waals surface area contributed by atoms with Crippen LogP contribution in [0.2, 0.25) is 0 Å². The lowest BCUT2D eigenvalue weighted by Gasteiger charge is -2.11. The summed E-state index contributed by atoms with van der Waals surface area (Å²) in [5.74, 6) is 0.427. The van der Waals surface area contributed by atoms with Crippen LogP contribution >= 0.6 is 0 Å². The normalized spacial score (nSPS) is 12.3. The second kappa shape index (κ2) is 7.35. The molecule has 4 nitrogen and oxygen atoms in total. The summed E-state index contributed by atoms with van der Waals surface area (Å²) < 4.78 is 0. The third kappa shape index (κ3) is 7.58. The Morgan fingerprint density at radius 2 is 2.00 bits per heavy atom. The summed E-state index contributed by atoms with van der Waals surface area (Å²) in [5, 5.41) is 5.43. The van der Waals surface area contributed by atoms with E-state index in [1.807, 2.05) is 20.8 Å². The van der Waals surface area contributed by atoms with E-state index in [4.69, 9.17) is 0 Å². The van der Waals surface area contributed by atoms with Gasteiger partial charge in [-0.15, -0.1) is 0 Å². The molecule has 0 aliphatic rings. The Kier molecular flexibility index (Phi) is 6.80. The van der Waals surface area contributed by atoms with Crippen molar-refractivity contribution in [3.05, 3.63) is 0 Å². The standard InChI is InChI=1S/C10H20N2O2/c1-8(2)12-10(14)5-4-9(3)6-11-7-13/h7-9H,4-6H2,1-3H3,(H,11,13)(H,12,14). The summed E-state index contributed by atoms with van der Waals surface area (Å²) in [6, 6.07) is 0.200. The minimum atomic E-state index is 0.0814. The lowest BCUT2D eigenvalue weighted by atomic mass is 10.1. The Morgan fingerprint density at radius 3 is 2.50 bits per heavy atom. The molecule has 0 rings (SSSR count). The van der Waals surface area contributed by atoms with Gasteiger partial charge in [-0.3, -0.25) is 9.59 Å². The summed E-state index contributed by atoms with van der Waals surface area (Å²) in [6.07, 6.45) is 2.02. The summed E-state index contributed by atoms with van der Waals surface area (Å²) >= 11 is 0. The minimum absolute atomic E-state index is 0.0814. The Labute approximate surface area is 85.4 Å². The summed E-state index contributed by atoms with van der Waals surface area (Å²) in [6.45, 7) is 6.53. The summed E-state index contributed by atoms with van der Waals surface area (Å²) in [4.78, 5) is 21.2. The van der Waals surface area contributed by atoms with Gasteiger partial charge in [0.15, 0.2) is 0 Å². The van der Waals surface area contributed by atoms with Crippen LogP contribution in [0.5, 0.6) is 0 Å². The molecule has 4 heteroatoms. The summed E-state index contributed by atoms with van der Waals surface area (Å²) in [7, 11) is 0. The Hall–Kier alpha value is -1.06. The van der Waals surface area contributed by atoms with Crippen LogP contribution in [0.4, 0.5) is 0 Å². The molecule has 0 bridgehead atoms. The fourth-order valence-corrected chi connectivity index (χ4v) is 1.12. The van der Waals surface area contributed by atoms with E-state index < -0.39 is 0 Å². The lowest BCUT2D eigenvalue weighted by molar-refractivity contribution is -0.121. The average molecular weight is 200 g/mol. The van der Waals surface area contributed by atoms with Gasteiger partial charge in [0, 0.05) is 19.0 Å². The van der Waals surface area contributed by atoms with E-state index in [2.05, 4.69) is 10.6 Å². The molecular formula is C10H20N2O2. The monoisotopic (exact) mass is 200 g/mol. The number of hydrogen-bond acceptors (Lipinski definition) is 2. The smallest absolute Gasteiger partial charge is 0.220 e. The van der Waals surface area contributed by atoms with Crippen LogP contribution in [0, 0.1) is 5.92 Å². The van der Waals surface area contributed by atoms with E-state index in [1.165, 1.54) is 0 Å². The van der Waals surface area contributed by atoms with E-state index in [1.54, 1.807) is 0 Å². The molecule has 2 amide bonds. The molecule has 0 spiro atoms. The zero-order chi connectivity index (χ0) is 11.0. The highest BCUT2D eigenvalue weighted by molar-refractivity contribution is 5.76. The Balaban J connectivity index is 3.50. The molecule has 0 aromatic carbocycles. The number of nitrogens with one attached hydrogen (secondary N) is 2. The first-order valence-corrected chi connectivity index (χ1v) is 5.02. The van der Waals surface area contributed by atoms with Crippen LogP contribution in [-0.4, -0.2) is 24.9 Å². The first-order chi connectivity index (χ1) is 6.56. The largest absolute Gasteiger partial charge is 0.358 e. The van der Waals surface area contributed by atoms with Crippen LogP contribution in [0.25, 0.3) is 0 Å². The number of rotatable bonds is 7. The van der Waals surface area contributed by atoms with Crippen LogP contribution in [0.3, 0.4) is 0 Å². The number of hydrogen-bond donors (Lipinski definition) is 2. The molecule has 0 aliphatic heterocycles. The molecule has 14 heavy (non-hydrogen) atoms. The van der Waals surface area contributed by atoms with Crippen LogP contribution in [-0.2, 0) is 9.59 Å². The molecule has 0 heterocycles. The number of carbonyl (C=O) groups excluding carboxylic acids is 2. The van der Waals surface area contributed by atoms with Crippen LogP contribution < -0.4 is 10.6 Å². The van der Waals surface area contributed by atoms with Crippen molar-refractivity contribution in [2.24, 2.45) is 5.92 Å². The zero-order valence-corrected chi connectivity index (χ0v) is 9.17. The highest BCUT2D eigenvalue weighted by Crippen LogP contribution is 2.03. The third-order valence-electron chi connectivity index (χ3n) is 1.86. The molecule has 0 aromatic rings. The Morgan fingerprint density at radius 1 is 1.36 bits per heavy atom. The van der Waals surface area contributed by atoms with Gasteiger partial charge in [0.1, 0.15) is 0 Å². The third-order valence-corrected chi connectivity index (χ3v) is 1.86. The van der Waals surface area contributed by atoms with Gasteiger partial charge in [0.25, 0.3) is 0 Å². The molecule has 0 fully saturated rings. The topological polar surface area (TPSA) is 58.2 Å². The molecule has 1 atom stereocenters. The molecule has 2 N–H and O–H groups in total. The van der Waals surface area contributed by atoms with Gasteiger partial charge in [-0.05, 0) is 26.2 Å². The SMILES string of the molecule is CC(CCC(=O)NC(C)C)CNC=O. The molecule has 0 radical (unpaired) electrons. The first kappa shape index (κ1) is 12.9. The maximum Gasteiger partial charge on any atom is 0.220 e. The minimum Gasteiger partial charge on any atom is -0.358 e. The molecule has 0 saturated heterocycles. The van der Waals surface area contributed by atoms with Gasteiger partial charge in [0.2, 0.25) is 12.3 Å². The summed E-state index contributed by atoms with van der Waals surface area (Å²) in [5.41, 5.74) is 0. The lowest BCUT2D eigenvalue weighted by Crippen LogP contribution is -2.30. The molecular weight excluding hydrogens is 180 g/mol. The van der Waals surface area contributed by atoms with Crippen molar-refractivity contribution in [1.82, 2.24) is 10.6 Å². The van der Waals surface area contributed by atoms with E-state index in [0.717, 1.165) is 6.42 Å². The van der Waals surface area contributed by atoms with Crippen molar-refractivity contribution < 1.29 is 9.59 Å².